The molecule has 6 heteroatoms. The molecule has 0 radical (unpaired) electrons. The first-order valence-corrected chi connectivity index (χ1v) is 8.08. The molecule has 0 N–H and O–H groups in total. The first-order chi connectivity index (χ1) is 10.1. The quantitative estimate of drug-likeness (QED) is 0.781. The van der Waals surface area contributed by atoms with Crippen molar-refractivity contribution in [2.45, 2.75) is 13.0 Å². The van der Waals surface area contributed by atoms with Gasteiger partial charge in [0.2, 0.25) is 0 Å². The number of nitrogens with zero attached hydrogens (tertiary/aromatic N) is 1. The minimum atomic E-state index is -0.584. The standard InChI is InChI=1S/C15H12BrNO3S/c1-9-15(19)17(11-4-2-3-5-13(11)20-9)8-12(18)14-10(16)6-7-21-14/h2-7,9H,8H2,1H3. The number of anilines is 1. The molecule has 0 saturated heterocycles. The number of hydrogen-bond acceptors (Lipinski definition) is 4. The van der Waals surface area contributed by atoms with E-state index >= 15 is 0 Å². The van der Waals surface area contributed by atoms with E-state index < -0.39 is 6.10 Å². The van der Waals surface area contributed by atoms with Crippen molar-refractivity contribution in [2.24, 2.45) is 0 Å². The zero-order valence-corrected chi connectivity index (χ0v) is 13.6. The third-order valence-electron chi connectivity index (χ3n) is 3.25. The molecule has 1 amide bonds. The fourth-order valence-corrected chi connectivity index (χ4v) is 3.76. The highest BCUT2D eigenvalue weighted by molar-refractivity contribution is 9.10. The lowest BCUT2D eigenvalue weighted by Crippen LogP contribution is -2.46. The summed E-state index contributed by atoms with van der Waals surface area (Å²) >= 11 is 4.72. The van der Waals surface area contributed by atoms with Gasteiger partial charge in [-0.05, 0) is 46.4 Å². The Hall–Kier alpha value is -1.66. The average molecular weight is 366 g/mol. The molecular weight excluding hydrogens is 354 g/mol. The van der Waals surface area contributed by atoms with Crippen LogP contribution in [0, 0.1) is 0 Å². The molecule has 21 heavy (non-hydrogen) atoms. The van der Waals surface area contributed by atoms with Gasteiger partial charge >= 0.3 is 0 Å². The second kappa shape index (κ2) is 5.61. The number of halogens is 1. The van der Waals surface area contributed by atoms with Crippen LogP contribution in [0.2, 0.25) is 0 Å². The van der Waals surface area contributed by atoms with Crippen molar-refractivity contribution in [2.75, 3.05) is 11.4 Å². The summed E-state index contributed by atoms with van der Waals surface area (Å²) < 4.78 is 6.32. The van der Waals surface area contributed by atoms with E-state index in [0.717, 1.165) is 4.47 Å². The third-order valence-corrected chi connectivity index (χ3v) is 5.12. The van der Waals surface area contributed by atoms with Crippen LogP contribution < -0.4 is 9.64 Å². The summed E-state index contributed by atoms with van der Waals surface area (Å²) in [6.07, 6.45) is -0.584. The van der Waals surface area contributed by atoms with E-state index in [-0.39, 0.29) is 18.2 Å². The van der Waals surface area contributed by atoms with Gasteiger partial charge in [-0.2, -0.15) is 0 Å². The van der Waals surface area contributed by atoms with Crippen LogP contribution in [0.1, 0.15) is 16.6 Å². The molecule has 2 aromatic rings. The molecule has 1 aromatic carbocycles. The number of amides is 1. The Morgan fingerprint density at radius 1 is 1.38 bits per heavy atom. The van der Waals surface area contributed by atoms with Gasteiger partial charge in [-0.1, -0.05) is 12.1 Å². The van der Waals surface area contributed by atoms with Crippen LogP contribution in [-0.2, 0) is 4.79 Å². The number of carbonyl (C=O) groups is 2. The van der Waals surface area contributed by atoms with Crippen molar-refractivity contribution >= 4 is 44.6 Å². The SMILES string of the molecule is CC1Oc2ccccc2N(CC(=O)c2sccc2Br)C1=O. The topological polar surface area (TPSA) is 46.6 Å². The molecular formula is C15H12BrNO3S. The minimum Gasteiger partial charge on any atom is -0.479 e. The van der Waals surface area contributed by atoms with Crippen molar-refractivity contribution < 1.29 is 14.3 Å². The van der Waals surface area contributed by atoms with Gasteiger partial charge in [0.15, 0.2) is 11.9 Å². The first kappa shape index (κ1) is 14.3. The van der Waals surface area contributed by atoms with E-state index in [9.17, 15) is 9.59 Å². The normalized spacial score (nSPS) is 17.3. The maximum atomic E-state index is 12.4. The van der Waals surface area contributed by atoms with Gasteiger partial charge < -0.3 is 4.74 Å². The van der Waals surface area contributed by atoms with E-state index in [1.165, 1.54) is 16.2 Å². The van der Waals surface area contributed by atoms with E-state index in [2.05, 4.69) is 15.9 Å². The molecule has 1 aliphatic heterocycles. The largest absolute Gasteiger partial charge is 0.479 e. The Labute approximate surface area is 134 Å². The summed E-state index contributed by atoms with van der Waals surface area (Å²) in [4.78, 5) is 26.8. The summed E-state index contributed by atoms with van der Waals surface area (Å²) in [7, 11) is 0. The number of ketones is 1. The molecule has 0 aliphatic carbocycles. The van der Waals surface area contributed by atoms with Gasteiger partial charge in [-0.15, -0.1) is 11.3 Å². The number of carbonyl (C=O) groups excluding carboxylic acids is 2. The molecule has 0 saturated carbocycles. The summed E-state index contributed by atoms with van der Waals surface area (Å²) in [5, 5.41) is 1.84. The Morgan fingerprint density at radius 3 is 2.86 bits per heavy atom. The van der Waals surface area contributed by atoms with Crippen molar-refractivity contribution in [3.63, 3.8) is 0 Å². The zero-order chi connectivity index (χ0) is 15.0. The molecule has 1 aliphatic rings. The highest BCUT2D eigenvalue weighted by Gasteiger charge is 2.33. The molecule has 0 spiro atoms. The molecule has 2 heterocycles. The Kier molecular flexibility index (Phi) is 3.82. The highest BCUT2D eigenvalue weighted by Crippen LogP contribution is 2.34. The van der Waals surface area contributed by atoms with Gasteiger partial charge in [0.05, 0.1) is 17.1 Å². The molecule has 4 nitrogen and oxygen atoms in total. The second-order valence-corrected chi connectivity index (χ2v) is 6.44. The van der Waals surface area contributed by atoms with Gasteiger partial charge in [0.25, 0.3) is 5.91 Å². The van der Waals surface area contributed by atoms with Crippen molar-refractivity contribution in [3.05, 3.63) is 45.1 Å². The van der Waals surface area contributed by atoms with E-state index in [0.29, 0.717) is 16.3 Å². The summed E-state index contributed by atoms with van der Waals surface area (Å²) in [6.45, 7) is 1.71. The fraction of sp³-hybridized carbons (Fsp3) is 0.200. The van der Waals surface area contributed by atoms with Gasteiger partial charge in [0, 0.05) is 4.47 Å². The van der Waals surface area contributed by atoms with Crippen LogP contribution in [0.3, 0.4) is 0 Å². The number of hydrogen-bond donors (Lipinski definition) is 0. The number of ether oxygens (including phenoxy) is 1. The third kappa shape index (κ3) is 2.61. The van der Waals surface area contributed by atoms with Crippen LogP contribution in [0.4, 0.5) is 5.69 Å². The minimum absolute atomic E-state index is 0.0165. The fourth-order valence-electron chi connectivity index (χ4n) is 2.23. The Balaban J connectivity index is 1.92. The lowest BCUT2D eigenvalue weighted by molar-refractivity contribution is -0.125. The smallest absolute Gasteiger partial charge is 0.268 e. The van der Waals surface area contributed by atoms with Crippen molar-refractivity contribution in [1.82, 2.24) is 0 Å². The lowest BCUT2D eigenvalue weighted by Gasteiger charge is -2.32. The van der Waals surface area contributed by atoms with Gasteiger partial charge in [-0.3, -0.25) is 14.5 Å². The van der Waals surface area contributed by atoms with Crippen molar-refractivity contribution in [3.8, 4) is 5.75 Å². The maximum absolute atomic E-state index is 12.4. The number of Topliss-reactive ketones (excluding diaryl/α,β-unsaturated/α-hetero) is 1. The monoisotopic (exact) mass is 365 g/mol. The molecule has 1 aromatic heterocycles. The van der Waals surface area contributed by atoms with E-state index in [1.54, 1.807) is 19.1 Å². The molecule has 1 atom stereocenters. The number of para-hydroxylation sites is 2. The number of benzene rings is 1. The van der Waals surface area contributed by atoms with Gasteiger partial charge in [0.1, 0.15) is 5.75 Å². The lowest BCUT2D eigenvalue weighted by atomic mass is 10.1. The number of rotatable bonds is 3. The molecule has 0 bridgehead atoms. The zero-order valence-electron chi connectivity index (χ0n) is 11.2. The number of fused-ring (bicyclic) bond motifs is 1. The van der Waals surface area contributed by atoms with E-state index in [4.69, 9.17) is 4.74 Å². The Morgan fingerprint density at radius 2 is 2.14 bits per heavy atom. The highest BCUT2D eigenvalue weighted by atomic mass is 79.9. The predicted molar refractivity (Wildman–Crippen MR) is 85.2 cm³/mol. The van der Waals surface area contributed by atoms with Crippen LogP contribution in [0.25, 0.3) is 0 Å². The van der Waals surface area contributed by atoms with Gasteiger partial charge in [-0.25, -0.2) is 0 Å². The Bertz CT molecular complexity index is 712. The van der Waals surface area contributed by atoms with Crippen LogP contribution in [0.5, 0.6) is 5.75 Å². The van der Waals surface area contributed by atoms with Crippen LogP contribution in [0.15, 0.2) is 40.2 Å². The predicted octanol–water partition coefficient (Wildman–Crippen LogP) is 3.51. The summed E-state index contributed by atoms with van der Waals surface area (Å²) in [5.41, 5.74) is 0.640. The molecule has 108 valence electrons. The van der Waals surface area contributed by atoms with Crippen molar-refractivity contribution in [1.29, 1.82) is 0 Å². The van der Waals surface area contributed by atoms with Crippen LogP contribution in [-0.4, -0.2) is 24.3 Å². The average Bonchev–Trinajstić information content (AvgIpc) is 2.90. The summed E-state index contributed by atoms with van der Waals surface area (Å²) in [6, 6.07) is 9.09. The molecule has 0 fully saturated rings. The molecule has 3 rings (SSSR count). The maximum Gasteiger partial charge on any atom is 0.268 e. The number of thiophene rings is 1. The summed E-state index contributed by atoms with van der Waals surface area (Å²) in [5.74, 6) is 0.339. The molecule has 1 unspecified atom stereocenters. The van der Waals surface area contributed by atoms with Crippen LogP contribution >= 0.6 is 27.3 Å². The van der Waals surface area contributed by atoms with E-state index in [1.807, 2.05) is 23.6 Å². The first-order valence-electron chi connectivity index (χ1n) is 6.41. The second-order valence-electron chi connectivity index (χ2n) is 4.67.